The summed E-state index contributed by atoms with van der Waals surface area (Å²) in [6.45, 7) is 1.16. The van der Waals surface area contributed by atoms with Crippen LogP contribution in [0.15, 0.2) is 36.7 Å². The van der Waals surface area contributed by atoms with Crippen LogP contribution in [0.25, 0.3) is 0 Å². The van der Waals surface area contributed by atoms with Gasteiger partial charge in [-0.15, -0.1) is 0 Å². The van der Waals surface area contributed by atoms with Crippen LogP contribution in [-0.2, 0) is 14.8 Å². The zero-order chi connectivity index (χ0) is 28.4. The SMILES string of the molecule is N[C@H](C(=O)N[C@H]1CCC[C@@H]1CC[C@H]1CN[C@@H]2CCCS(=O)(=O)N1C2)[C@H](c1cncc(F)c1)c1ccc(Cl)c(F)c1. The normalized spacial score (nSPS) is 29.4. The van der Waals surface area contributed by atoms with Gasteiger partial charge in [-0.05, 0) is 73.8 Å². The van der Waals surface area contributed by atoms with Crippen molar-refractivity contribution < 1.29 is 22.0 Å². The zero-order valence-electron chi connectivity index (χ0n) is 22.2. The second-order valence-corrected chi connectivity index (χ2v) is 13.7. The van der Waals surface area contributed by atoms with Crippen molar-refractivity contribution in [2.75, 3.05) is 18.8 Å². The molecule has 1 amide bonds. The Morgan fingerprint density at radius 3 is 2.75 bits per heavy atom. The maximum absolute atomic E-state index is 14.4. The Labute approximate surface area is 239 Å². The lowest BCUT2D eigenvalue weighted by atomic mass is 9.85. The fourth-order valence-electron chi connectivity index (χ4n) is 6.57. The molecule has 0 radical (unpaired) electrons. The third kappa shape index (κ3) is 6.49. The van der Waals surface area contributed by atoms with Crippen molar-refractivity contribution >= 4 is 27.5 Å². The van der Waals surface area contributed by atoms with E-state index in [0.717, 1.165) is 38.3 Å². The van der Waals surface area contributed by atoms with Gasteiger partial charge in [0.15, 0.2) is 0 Å². The van der Waals surface area contributed by atoms with E-state index in [-0.39, 0.29) is 34.8 Å². The highest BCUT2D eigenvalue weighted by Gasteiger charge is 2.39. The molecule has 3 heterocycles. The number of halogens is 3. The first kappa shape index (κ1) is 29.3. The molecule has 2 aliphatic heterocycles. The van der Waals surface area contributed by atoms with Crippen LogP contribution >= 0.6 is 11.6 Å². The first-order valence-electron chi connectivity index (χ1n) is 14.0. The fraction of sp³-hybridized carbons (Fsp3) is 0.571. The van der Waals surface area contributed by atoms with E-state index in [4.69, 9.17) is 17.3 Å². The summed E-state index contributed by atoms with van der Waals surface area (Å²) in [6, 6.07) is 4.29. The van der Waals surface area contributed by atoms with Crippen molar-refractivity contribution in [3.8, 4) is 0 Å². The summed E-state index contributed by atoms with van der Waals surface area (Å²) in [5, 5.41) is 6.54. The molecule has 1 aliphatic carbocycles. The second kappa shape index (κ2) is 12.4. The van der Waals surface area contributed by atoms with Gasteiger partial charge in [0.1, 0.15) is 11.6 Å². The summed E-state index contributed by atoms with van der Waals surface area (Å²) in [5.74, 6) is -2.13. The molecule has 1 saturated carbocycles. The Balaban J connectivity index is 1.27. The largest absolute Gasteiger partial charge is 0.352 e. The molecule has 1 aromatic carbocycles. The average molecular weight is 596 g/mol. The smallest absolute Gasteiger partial charge is 0.238 e. The van der Waals surface area contributed by atoms with Gasteiger partial charge in [0.25, 0.3) is 0 Å². The molecule has 0 spiro atoms. The summed E-state index contributed by atoms with van der Waals surface area (Å²) in [5.41, 5.74) is 7.23. The molecule has 1 unspecified atom stereocenters. The minimum Gasteiger partial charge on any atom is -0.352 e. The van der Waals surface area contributed by atoms with Crippen molar-refractivity contribution in [3.05, 3.63) is 64.4 Å². The predicted octanol–water partition coefficient (Wildman–Crippen LogP) is 3.30. The van der Waals surface area contributed by atoms with E-state index in [1.54, 1.807) is 10.4 Å². The molecule has 8 nitrogen and oxygen atoms in total. The molecular weight excluding hydrogens is 560 g/mol. The number of sulfonamides is 1. The maximum atomic E-state index is 14.4. The van der Waals surface area contributed by atoms with E-state index in [9.17, 15) is 22.0 Å². The van der Waals surface area contributed by atoms with Gasteiger partial charge in [0, 0.05) is 43.3 Å². The van der Waals surface area contributed by atoms with Gasteiger partial charge in [0.05, 0.1) is 23.0 Å². The van der Waals surface area contributed by atoms with Crippen LogP contribution in [0, 0.1) is 17.6 Å². The number of carbonyl (C=O) groups is 1. The molecule has 2 saturated heterocycles. The Morgan fingerprint density at radius 1 is 1.15 bits per heavy atom. The number of rotatable bonds is 8. The molecule has 218 valence electrons. The molecule has 5 rings (SSSR count). The van der Waals surface area contributed by atoms with Crippen LogP contribution in [0.2, 0.25) is 5.02 Å². The van der Waals surface area contributed by atoms with Crippen LogP contribution in [0.1, 0.15) is 62.0 Å². The van der Waals surface area contributed by atoms with Gasteiger partial charge in [-0.2, -0.15) is 4.31 Å². The van der Waals surface area contributed by atoms with Gasteiger partial charge in [0.2, 0.25) is 15.9 Å². The number of piperazine rings is 1. The predicted molar refractivity (Wildman–Crippen MR) is 149 cm³/mol. The molecule has 1 aromatic heterocycles. The Hall–Kier alpha value is -2.18. The number of carbonyl (C=O) groups excluding carboxylic acids is 1. The highest BCUT2D eigenvalue weighted by Crippen LogP contribution is 2.34. The molecule has 3 aliphatic rings. The molecule has 2 bridgehead atoms. The second-order valence-electron chi connectivity index (χ2n) is 11.3. The molecule has 12 heteroatoms. The average Bonchev–Trinajstić information content (AvgIpc) is 3.31. The van der Waals surface area contributed by atoms with Crippen molar-refractivity contribution in [3.63, 3.8) is 0 Å². The third-order valence-electron chi connectivity index (χ3n) is 8.67. The van der Waals surface area contributed by atoms with E-state index in [1.807, 2.05) is 0 Å². The van der Waals surface area contributed by atoms with E-state index in [2.05, 4.69) is 15.6 Å². The molecule has 2 aromatic rings. The number of hydrogen-bond acceptors (Lipinski definition) is 6. The van der Waals surface area contributed by atoms with E-state index in [1.165, 1.54) is 24.4 Å². The highest BCUT2D eigenvalue weighted by molar-refractivity contribution is 7.89. The number of benzene rings is 1. The summed E-state index contributed by atoms with van der Waals surface area (Å²) in [6.07, 6.45) is 8.17. The van der Waals surface area contributed by atoms with Crippen LogP contribution < -0.4 is 16.4 Å². The van der Waals surface area contributed by atoms with Gasteiger partial charge in [-0.1, -0.05) is 24.1 Å². The first-order valence-corrected chi connectivity index (χ1v) is 16.0. The number of hydrogen-bond donors (Lipinski definition) is 3. The third-order valence-corrected chi connectivity index (χ3v) is 10.9. The number of nitrogens with one attached hydrogen (secondary N) is 2. The molecule has 40 heavy (non-hydrogen) atoms. The van der Waals surface area contributed by atoms with Crippen molar-refractivity contribution in [1.29, 1.82) is 0 Å². The monoisotopic (exact) mass is 595 g/mol. The number of pyridine rings is 1. The van der Waals surface area contributed by atoms with Crippen molar-refractivity contribution in [2.45, 2.75) is 75.0 Å². The number of nitrogens with two attached hydrogens (primary N) is 1. The van der Waals surface area contributed by atoms with Gasteiger partial charge >= 0.3 is 0 Å². The van der Waals surface area contributed by atoms with Crippen LogP contribution in [0.4, 0.5) is 8.78 Å². The lowest BCUT2D eigenvalue weighted by Gasteiger charge is -2.38. The van der Waals surface area contributed by atoms with Gasteiger partial charge in [-0.3, -0.25) is 9.78 Å². The summed E-state index contributed by atoms with van der Waals surface area (Å²) >= 11 is 5.87. The highest BCUT2D eigenvalue weighted by atomic mass is 35.5. The lowest BCUT2D eigenvalue weighted by molar-refractivity contribution is -0.123. The van der Waals surface area contributed by atoms with Crippen LogP contribution in [0.5, 0.6) is 0 Å². The summed E-state index contributed by atoms with van der Waals surface area (Å²) < 4.78 is 55.8. The fourth-order valence-corrected chi connectivity index (χ4v) is 8.49. The zero-order valence-corrected chi connectivity index (χ0v) is 23.8. The van der Waals surface area contributed by atoms with E-state index in [0.29, 0.717) is 37.1 Å². The number of aromatic nitrogens is 1. The first-order chi connectivity index (χ1) is 19.1. The van der Waals surface area contributed by atoms with Gasteiger partial charge in [-0.25, -0.2) is 17.2 Å². The lowest BCUT2D eigenvalue weighted by Crippen LogP contribution is -2.57. The standard InChI is InChI=1S/C28H36ClF2N5O3S/c29-23-9-7-18(12-24(23)31)26(19-11-20(30)14-33-13-19)27(32)28(37)35-25-5-1-3-17(25)6-8-22-15-34-21-4-2-10-40(38,39)36(22)16-21/h7,9,11-14,17,21-22,25-27,34H,1-6,8,10,15-16,32H2,(H,35,37)/t17-,21-,22+,25+,26+,27+/m1/s1. The topological polar surface area (TPSA) is 117 Å². The Kier molecular flexibility index (Phi) is 9.06. The Bertz CT molecular complexity index is 1330. The molecule has 3 fully saturated rings. The molecule has 4 N–H and O–H groups in total. The molecular formula is C28H36ClF2N5O3S. The number of fused-ring (bicyclic) bond motifs is 2. The minimum atomic E-state index is -3.26. The summed E-state index contributed by atoms with van der Waals surface area (Å²) in [4.78, 5) is 17.4. The van der Waals surface area contributed by atoms with Crippen molar-refractivity contribution in [2.24, 2.45) is 11.7 Å². The maximum Gasteiger partial charge on any atom is 0.238 e. The number of nitrogens with zero attached hydrogens (tertiary/aromatic N) is 2. The molecule has 7 atom stereocenters. The van der Waals surface area contributed by atoms with Crippen molar-refractivity contribution in [1.82, 2.24) is 19.9 Å². The van der Waals surface area contributed by atoms with E-state index >= 15 is 0 Å². The summed E-state index contributed by atoms with van der Waals surface area (Å²) in [7, 11) is -3.26. The quantitative estimate of drug-likeness (QED) is 0.431. The number of amides is 1. The Morgan fingerprint density at radius 2 is 1.98 bits per heavy atom. The minimum absolute atomic E-state index is 0.0663. The van der Waals surface area contributed by atoms with Gasteiger partial charge < -0.3 is 16.4 Å². The van der Waals surface area contributed by atoms with Crippen LogP contribution in [0.3, 0.4) is 0 Å². The van der Waals surface area contributed by atoms with E-state index < -0.39 is 39.5 Å². The van der Waals surface area contributed by atoms with Crippen LogP contribution in [-0.4, -0.2) is 66.6 Å².